The number of rotatable bonds is 2. The Bertz CT molecular complexity index is 1160. The number of hydrogen-bond donors (Lipinski definition) is 1. The number of nitrogens with zero attached hydrogens (tertiary/aromatic N) is 1. The van der Waals surface area contributed by atoms with Gasteiger partial charge in [0, 0.05) is 0 Å². The van der Waals surface area contributed by atoms with Gasteiger partial charge in [-0.2, -0.15) is 0 Å². The summed E-state index contributed by atoms with van der Waals surface area (Å²) < 4.78 is 5.49. The molecular weight excluding hydrogens is 392 g/mol. The monoisotopic (exact) mass is 412 g/mol. The Balaban J connectivity index is 2.02. The molecule has 150 valence electrons. The number of halogens is 1. The van der Waals surface area contributed by atoms with Gasteiger partial charge in [-0.25, -0.2) is 5.01 Å². The van der Waals surface area contributed by atoms with Crippen molar-refractivity contribution in [3.63, 3.8) is 0 Å². The van der Waals surface area contributed by atoms with E-state index in [2.05, 4.69) is 5.43 Å². The van der Waals surface area contributed by atoms with Crippen molar-refractivity contribution in [2.24, 2.45) is 0 Å². The fraction of sp³-hybridized carbons (Fsp3) is 0.227. The van der Waals surface area contributed by atoms with Crippen molar-refractivity contribution < 1.29 is 14.0 Å². The van der Waals surface area contributed by atoms with E-state index in [0.717, 1.165) is 16.8 Å². The molecule has 7 heteroatoms. The van der Waals surface area contributed by atoms with E-state index in [0.29, 0.717) is 11.0 Å². The van der Waals surface area contributed by atoms with Crippen LogP contribution in [0.3, 0.4) is 0 Å². The van der Waals surface area contributed by atoms with E-state index in [4.69, 9.17) is 16.0 Å². The van der Waals surface area contributed by atoms with Gasteiger partial charge in [0.1, 0.15) is 17.4 Å². The molecule has 0 fully saturated rings. The van der Waals surface area contributed by atoms with Crippen molar-refractivity contribution in [1.29, 1.82) is 0 Å². The predicted octanol–water partition coefficient (Wildman–Crippen LogP) is 4.34. The Morgan fingerprint density at radius 3 is 2.41 bits per heavy atom. The van der Waals surface area contributed by atoms with Crippen LogP contribution in [0.4, 0.5) is 0 Å². The van der Waals surface area contributed by atoms with Crippen LogP contribution in [-0.2, 0) is 0 Å². The lowest BCUT2D eigenvalue weighted by atomic mass is 10.1. The molecule has 6 nitrogen and oxygen atoms in total. The smallest absolute Gasteiger partial charge is 0.279 e. The van der Waals surface area contributed by atoms with Gasteiger partial charge in [0.15, 0.2) is 0 Å². The molecule has 1 heterocycles. The van der Waals surface area contributed by atoms with Gasteiger partial charge in [0.25, 0.3) is 11.8 Å². The second kappa shape index (κ2) is 7.72. The molecule has 0 radical (unpaired) electrons. The van der Waals surface area contributed by atoms with E-state index >= 15 is 0 Å². The summed E-state index contributed by atoms with van der Waals surface area (Å²) in [6.07, 6.45) is 1.13. The topological polar surface area (TPSA) is 79.6 Å². The molecule has 3 rings (SSSR count). The van der Waals surface area contributed by atoms with E-state index in [-0.39, 0.29) is 16.1 Å². The summed E-state index contributed by atoms with van der Waals surface area (Å²) in [5.41, 5.74) is 2.61. The largest absolute Gasteiger partial charge is 0.463 e. The molecule has 0 saturated heterocycles. The van der Waals surface area contributed by atoms with Crippen molar-refractivity contribution >= 4 is 34.4 Å². The standard InChI is InChI=1S/C22H21ClN2O4/c1-13-9-10-18-15(11-13)19(26)16(12-29-18)21(28)25(22(2,3)4)24-20(27)14-7-5-6-8-17(14)23/h5-12H,1-4H3,(H,24,27). The number of hydrazine groups is 1. The summed E-state index contributed by atoms with van der Waals surface area (Å²) in [6.45, 7) is 7.07. The summed E-state index contributed by atoms with van der Waals surface area (Å²) in [5.74, 6) is -1.23. The molecule has 0 aliphatic carbocycles. The summed E-state index contributed by atoms with van der Waals surface area (Å²) in [6, 6.07) is 11.7. The van der Waals surface area contributed by atoms with Crippen LogP contribution in [0.15, 0.2) is 57.9 Å². The molecule has 0 spiro atoms. The molecule has 2 amide bonds. The number of nitrogens with one attached hydrogen (secondary N) is 1. The van der Waals surface area contributed by atoms with E-state index in [1.165, 1.54) is 0 Å². The lowest BCUT2D eigenvalue weighted by molar-refractivity contribution is 0.0356. The first kappa shape index (κ1) is 20.6. The van der Waals surface area contributed by atoms with Crippen LogP contribution < -0.4 is 10.9 Å². The highest BCUT2D eigenvalue weighted by Crippen LogP contribution is 2.19. The maximum Gasteiger partial charge on any atom is 0.279 e. The molecule has 0 saturated carbocycles. The highest BCUT2D eigenvalue weighted by Gasteiger charge is 2.32. The maximum absolute atomic E-state index is 13.2. The number of fused-ring (bicyclic) bond motifs is 1. The molecule has 1 aromatic heterocycles. The second-order valence-electron chi connectivity index (χ2n) is 7.71. The molecule has 29 heavy (non-hydrogen) atoms. The highest BCUT2D eigenvalue weighted by molar-refractivity contribution is 6.33. The van der Waals surface area contributed by atoms with Crippen LogP contribution in [0.5, 0.6) is 0 Å². The Morgan fingerprint density at radius 2 is 1.76 bits per heavy atom. The van der Waals surface area contributed by atoms with Crippen LogP contribution in [0.2, 0.25) is 5.02 Å². The predicted molar refractivity (Wildman–Crippen MR) is 112 cm³/mol. The van der Waals surface area contributed by atoms with Gasteiger partial charge in [-0.05, 0) is 52.0 Å². The van der Waals surface area contributed by atoms with Crippen LogP contribution in [0, 0.1) is 6.92 Å². The van der Waals surface area contributed by atoms with Crippen LogP contribution in [-0.4, -0.2) is 22.4 Å². The molecular formula is C22H21ClN2O4. The Kier molecular flexibility index (Phi) is 5.48. The number of carbonyl (C=O) groups is 2. The van der Waals surface area contributed by atoms with Crippen LogP contribution >= 0.6 is 11.6 Å². The van der Waals surface area contributed by atoms with Gasteiger partial charge in [-0.3, -0.25) is 19.8 Å². The summed E-state index contributed by atoms with van der Waals surface area (Å²) >= 11 is 6.09. The minimum atomic E-state index is -0.817. The molecule has 0 bridgehead atoms. The molecule has 0 atom stereocenters. The first-order valence-electron chi connectivity index (χ1n) is 9.02. The van der Waals surface area contributed by atoms with Crippen molar-refractivity contribution in [3.05, 3.63) is 80.7 Å². The molecule has 0 unspecified atom stereocenters. The summed E-state index contributed by atoms with van der Waals surface area (Å²) in [7, 11) is 0. The van der Waals surface area contributed by atoms with Gasteiger partial charge in [-0.1, -0.05) is 35.4 Å². The van der Waals surface area contributed by atoms with Gasteiger partial charge in [0.05, 0.1) is 21.5 Å². The summed E-state index contributed by atoms with van der Waals surface area (Å²) in [5, 5.41) is 1.68. The number of hydrogen-bond acceptors (Lipinski definition) is 4. The Morgan fingerprint density at radius 1 is 1.07 bits per heavy atom. The van der Waals surface area contributed by atoms with Gasteiger partial charge in [0.2, 0.25) is 5.43 Å². The van der Waals surface area contributed by atoms with Crippen molar-refractivity contribution in [1.82, 2.24) is 10.4 Å². The van der Waals surface area contributed by atoms with Crippen molar-refractivity contribution in [2.45, 2.75) is 33.2 Å². The summed E-state index contributed by atoms with van der Waals surface area (Å²) in [4.78, 5) is 38.8. The number of amides is 2. The molecule has 1 N–H and O–H groups in total. The fourth-order valence-corrected chi connectivity index (χ4v) is 3.06. The fourth-order valence-electron chi connectivity index (χ4n) is 2.84. The third kappa shape index (κ3) is 4.17. The van der Waals surface area contributed by atoms with Crippen molar-refractivity contribution in [3.8, 4) is 0 Å². The highest BCUT2D eigenvalue weighted by atomic mass is 35.5. The SMILES string of the molecule is Cc1ccc2occ(C(=O)N(NC(=O)c3ccccc3Cl)C(C)(C)C)c(=O)c2c1. The average molecular weight is 413 g/mol. The molecule has 0 aliphatic heterocycles. The first-order valence-corrected chi connectivity index (χ1v) is 9.39. The van der Waals surface area contributed by atoms with Gasteiger partial charge < -0.3 is 4.42 Å². The molecule has 3 aromatic rings. The first-order chi connectivity index (χ1) is 13.6. The second-order valence-corrected chi connectivity index (χ2v) is 8.12. The average Bonchev–Trinajstić information content (AvgIpc) is 2.65. The molecule has 0 aliphatic rings. The van der Waals surface area contributed by atoms with E-state index < -0.39 is 22.8 Å². The maximum atomic E-state index is 13.2. The zero-order valence-corrected chi connectivity index (χ0v) is 17.3. The third-order valence-electron chi connectivity index (χ3n) is 4.36. The number of benzene rings is 2. The normalized spacial score (nSPS) is 11.3. The van der Waals surface area contributed by atoms with Gasteiger partial charge >= 0.3 is 0 Å². The Labute approximate surface area is 173 Å². The van der Waals surface area contributed by atoms with E-state index in [9.17, 15) is 14.4 Å². The third-order valence-corrected chi connectivity index (χ3v) is 4.69. The minimum Gasteiger partial charge on any atom is -0.463 e. The number of aryl methyl sites for hydroxylation is 1. The van der Waals surface area contributed by atoms with Gasteiger partial charge in [-0.15, -0.1) is 0 Å². The quantitative estimate of drug-likeness (QED) is 0.635. The van der Waals surface area contributed by atoms with Crippen LogP contribution in [0.25, 0.3) is 11.0 Å². The zero-order chi connectivity index (χ0) is 21.3. The van der Waals surface area contributed by atoms with E-state index in [1.807, 2.05) is 13.0 Å². The zero-order valence-electron chi connectivity index (χ0n) is 16.6. The minimum absolute atomic E-state index is 0.169. The van der Waals surface area contributed by atoms with Crippen LogP contribution in [0.1, 0.15) is 47.1 Å². The lowest BCUT2D eigenvalue weighted by Crippen LogP contribution is -2.56. The Hall–Kier alpha value is -3.12. The lowest BCUT2D eigenvalue weighted by Gasteiger charge is -2.35. The molecule has 2 aromatic carbocycles. The number of carbonyl (C=O) groups excluding carboxylic acids is 2. The van der Waals surface area contributed by atoms with Crippen molar-refractivity contribution in [2.75, 3.05) is 0 Å². The van der Waals surface area contributed by atoms with E-state index in [1.54, 1.807) is 57.2 Å².